The fourth-order valence-electron chi connectivity index (χ4n) is 2.40. The lowest BCUT2D eigenvalue weighted by molar-refractivity contribution is 0.0545. The molecule has 0 spiro atoms. The van der Waals surface area contributed by atoms with Gasteiger partial charge in [-0.25, -0.2) is 0 Å². The van der Waals surface area contributed by atoms with Gasteiger partial charge in [0.2, 0.25) is 0 Å². The SMILES string of the molecule is O=C1c2ccc(O)cc2C(=O)N1CCOCc1ccccc1. The number of rotatable bonds is 5. The van der Waals surface area contributed by atoms with E-state index in [-0.39, 0.29) is 36.3 Å². The summed E-state index contributed by atoms with van der Waals surface area (Å²) in [5.74, 6) is -0.760. The van der Waals surface area contributed by atoms with Gasteiger partial charge in [0.25, 0.3) is 11.8 Å². The summed E-state index contributed by atoms with van der Waals surface area (Å²) in [6.07, 6.45) is 0. The second-order valence-corrected chi connectivity index (χ2v) is 5.03. The molecule has 0 aliphatic carbocycles. The van der Waals surface area contributed by atoms with Gasteiger partial charge in [0, 0.05) is 0 Å². The zero-order valence-corrected chi connectivity index (χ0v) is 11.9. The van der Waals surface area contributed by atoms with Crippen LogP contribution in [0.2, 0.25) is 0 Å². The fraction of sp³-hybridized carbons (Fsp3) is 0.176. The summed E-state index contributed by atoms with van der Waals surface area (Å²) < 4.78 is 5.51. The zero-order valence-electron chi connectivity index (χ0n) is 11.9. The van der Waals surface area contributed by atoms with Crippen molar-refractivity contribution in [1.82, 2.24) is 4.90 Å². The van der Waals surface area contributed by atoms with E-state index >= 15 is 0 Å². The fourth-order valence-corrected chi connectivity index (χ4v) is 2.40. The minimum atomic E-state index is -0.390. The number of carbonyl (C=O) groups is 2. The maximum atomic E-state index is 12.2. The zero-order chi connectivity index (χ0) is 15.5. The van der Waals surface area contributed by atoms with Crippen LogP contribution in [-0.4, -0.2) is 35.0 Å². The van der Waals surface area contributed by atoms with Crippen LogP contribution in [0.15, 0.2) is 48.5 Å². The lowest BCUT2D eigenvalue weighted by Gasteiger charge is -2.13. The molecule has 2 aromatic carbocycles. The number of imide groups is 1. The molecule has 2 aromatic rings. The monoisotopic (exact) mass is 297 g/mol. The van der Waals surface area contributed by atoms with Gasteiger partial charge in [-0.05, 0) is 23.8 Å². The standard InChI is InChI=1S/C17H15NO4/c19-13-6-7-14-15(10-13)17(21)18(16(14)20)8-9-22-11-12-4-2-1-3-5-12/h1-7,10,19H,8-9,11H2. The first-order chi connectivity index (χ1) is 10.7. The van der Waals surface area contributed by atoms with Gasteiger partial charge in [-0.2, -0.15) is 0 Å². The second kappa shape index (κ2) is 5.99. The summed E-state index contributed by atoms with van der Waals surface area (Å²) >= 11 is 0. The summed E-state index contributed by atoms with van der Waals surface area (Å²) in [5.41, 5.74) is 1.61. The Morgan fingerprint density at radius 2 is 1.68 bits per heavy atom. The molecular weight excluding hydrogens is 282 g/mol. The van der Waals surface area contributed by atoms with Crippen LogP contribution in [0, 0.1) is 0 Å². The van der Waals surface area contributed by atoms with Crippen molar-refractivity contribution in [3.63, 3.8) is 0 Å². The topological polar surface area (TPSA) is 66.8 Å². The molecule has 2 amide bonds. The molecule has 0 aromatic heterocycles. The van der Waals surface area contributed by atoms with E-state index in [2.05, 4.69) is 0 Å². The van der Waals surface area contributed by atoms with Crippen LogP contribution in [-0.2, 0) is 11.3 Å². The normalized spacial score (nSPS) is 13.5. The molecule has 0 radical (unpaired) electrons. The predicted octanol–water partition coefficient (Wildman–Crippen LogP) is 2.21. The van der Waals surface area contributed by atoms with Crippen LogP contribution in [0.1, 0.15) is 26.3 Å². The van der Waals surface area contributed by atoms with Crippen molar-refractivity contribution in [2.45, 2.75) is 6.61 Å². The molecule has 0 bridgehead atoms. The summed E-state index contributed by atoms with van der Waals surface area (Å²) in [7, 11) is 0. The van der Waals surface area contributed by atoms with Crippen LogP contribution >= 0.6 is 0 Å². The third-order valence-corrected chi connectivity index (χ3v) is 3.53. The van der Waals surface area contributed by atoms with E-state index in [9.17, 15) is 14.7 Å². The molecule has 1 aliphatic heterocycles. The number of hydrogen-bond donors (Lipinski definition) is 1. The smallest absolute Gasteiger partial charge is 0.261 e. The maximum Gasteiger partial charge on any atom is 0.261 e. The van der Waals surface area contributed by atoms with E-state index in [1.165, 1.54) is 18.2 Å². The molecule has 0 fully saturated rings. The van der Waals surface area contributed by atoms with E-state index in [4.69, 9.17) is 4.74 Å². The van der Waals surface area contributed by atoms with Crippen LogP contribution in [0.3, 0.4) is 0 Å². The minimum absolute atomic E-state index is 0.0259. The number of benzene rings is 2. The largest absolute Gasteiger partial charge is 0.508 e. The van der Waals surface area contributed by atoms with Crippen molar-refractivity contribution in [2.24, 2.45) is 0 Å². The van der Waals surface area contributed by atoms with Gasteiger partial charge >= 0.3 is 0 Å². The van der Waals surface area contributed by atoms with Crippen molar-refractivity contribution >= 4 is 11.8 Å². The molecule has 0 saturated heterocycles. The van der Waals surface area contributed by atoms with Crippen molar-refractivity contribution < 1.29 is 19.4 Å². The molecule has 112 valence electrons. The average Bonchev–Trinajstić information content (AvgIpc) is 2.76. The number of phenolic OH excluding ortho intramolecular Hbond substituents is 1. The molecule has 1 aliphatic rings. The van der Waals surface area contributed by atoms with Crippen molar-refractivity contribution in [2.75, 3.05) is 13.2 Å². The Morgan fingerprint density at radius 1 is 0.955 bits per heavy atom. The number of fused-ring (bicyclic) bond motifs is 1. The first kappa shape index (κ1) is 14.3. The molecule has 5 heteroatoms. The number of phenols is 1. The molecule has 0 atom stereocenters. The van der Waals surface area contributed by atoms with Crippen LogP contribution in [0.25, 0.3) is 0 Å². The molecule has 5 nitrogen and oxygen atoms in total. The number of carbonyl (C=O) groups excluding carboxylic acids is 2. The highest BCUT2D eigenvalue weighted by atomic mass is 16.5. The number of nitrogens with zero attached hydrogens (tertiary/aromatic N) is 1. The molecular formula is C17H15NO4. The van der Waals surface area contributed by atoms with Crippen LogP contribution < -0.4 is 0 Å². The first-order valence-electron chi connectivity index (χ1n) is 6.97. The molecule has 1 N–H and O–H groups in total. The Bertz CT molecular complexity index is 712. The van der Waals surface area contributed by atoms with E-state index in [1.807, 2.05) is 30.3 Å². The molecule has 0 unspecified atom stereocenters. The van der Waals surface area contributed by atoms with E-state index in [0.717, 1.165) is 10.5 Å². The third-order valence-electron chi connectivity index (χ3n) is 3.53. The van der Waals surface area contributed by atoms with Crippen molar-refractivity contribution in [1.29, 1.82) is 0 Å². The van der Waals surface area contributed by atoms with Crippen LogP contribution in [0.5, 0.6) is 5.75 Å². The Morgan fingerprint density at radius 3 is 2.45 bits per heavy atom. The Labute approximate surface area is 127 Å². The first-order valence-corrected chi connectivity index (χ1v) is 6.97. The highest BCUT2D eigenvalue weighted by Crippen LogP contribution is 2.25. The van der Waals surface area contributed by atoms with Crippen LogP contribution in [0.4, 0.5) is 0 Å². The Hall–Kier alpha value is -2.66. The number of aromatic hydroxyl groups is 1. The minimum Gasteiger partial charge on any atom is -0.508 e. The maximum absolute atomic E-state index is 12.2. The predicted molar refractivity (Wildman–Crippen MR) is 79.6 cm³/mol. The summed E-state index contributed by atoms with van der Waals surface area (Å²) in [5, 5.41) is 9.42. The van der Waals surface area contributed by atoms with E-state index in [1.54, 1.807) is 0 Å². The quantitative estimate of drug-likeness (QED) is 0.678. The second-order valence-electron chi connectivity index (χ2n) is 5.03. The third kappa shape index (κ3) is 2.71. The summed E-state index contributed by atoms with van der Waals surface area (Å²) in [6.45, 7) is 0.900. The van der Waals surface area contributed by atoms with Gasteiger partial charge in [0.1, 0.15) is 5.75 Å². The van der Waals surface area contributed by atoms with Gasteiger partial charge in [0.05, 0.1) is 30.9 Å². The van der Waals surface area contributed by atoms with E-state index in [0.29, 0.717) is 12.2 Å². The average molecular weight is 297 g/mol. The summed E-state index contributed by atoms with van der Waals surface area (Å²) in [4.78, 5) is 25.5. The van der Waals surface area contributed by atoms with E-state index < -0.39 is 0 Å². The lowest BCUT2D eigenvalue weighted by atomic mass is 10.1. The molecule has 1 heterocycles. The molecule has 22 heavy (non-hydrogen) atoms. The lowest BCUT2D eigenvalue weighted by Crippen LogP contribution is -2.33. The Balaban J connectivity index is 1.58. The van der Waals surface area contributed by atoms with Gasteiger partial charge in [0.15, 0.2) is 0 Å². The van der Waals surface area contributed by atoms with Gasteiger partial charge in [-0.3, -0.25) is 14.5 Å². The van der Waals surface area contributed by atoms with Gasteiger partial charge < -0.3 is 9.84 Å². The van der Waals surface area contributed by atoms with Gasteiger partial charge in [-0.1, -0.05) is 30.3 Å². The highest BCUT2D eigenvalue weighted by Gasteiger charge is 2.35. The number of ether oxygens (including phenoxy) is 1. The number of hydrogen-bond acceptors (Lipinski definition) is 4. The van der Waals surface area contributed by atoms with Crippen molar-refractivity contribution in [3.05, 3.63) is 65.2 Å². The highest BCUT2D eigenvalue weighted by molar-refractivity contribution is 6.21. The molecule has 3 rings (SSSR count). The van der Waals surface area contributed by atoms with Crippen molar-refractivity contribution in [3.8, 4) is 5.75 Å². The Kier molecular flexibility index (Phi) is 3.89. The van der Waals surface area contributed by atoms with Gasteiger partial charge in [-0.15, -0.1) is 0 Å². The molecule has 0 saturated carbocycles. The number of amides is 2. The summed E-state index contributed by atoms with van der Waals surface area (Å²) in [6, 6.07) is 13.9.